The molecule has 1 saturated heterocycles. The van der Waals surface area contributed by atoms with E-state index in [9.17, 15) is 8.42 Å². The second-order valence-corrected chi connectivity index (χ2v) is 6.84. The number of morpholine rings is 1. The molecule has 1 aliphatic heterocycles. The van der Waals surface area contributed by atoms with Crippen molar-refractivity contribution in [3.05, 3.63) is 18.2 Å². The molecule has 0 N–H and O–H groups in total. The van der Waals surface area contributed by atoms with Crippen LogP contribution < -0.4 is 9.47 Å². The van der Waals surface area contributed by atoms with Gasteiger partial charge in [0.2, 0.25) is 10.0 Å². The standard InChI is InChI=1S/C14H21NO5S/c1-10-11(2)20-8-7-15(10)21(16,17)12-5-6-13(18-3)14(9-12)19-4/h5-6,9-11H,7-8H2,1-4H3. The Morgan fingerprint density at radius 2 is 1.86 bits per heavy atom. The zero-order valence-corrected chi connectivity index (χ0v) is 13.5. The Labute approximate surface area is 125 Å². The van der Waals surface area contributed by atoms with Gasteiger partial charge in [0, 0.05) is 18.7 Å². The molecule has 2 rings (SSSR count). The fraction of sp³-hybridized carbons (Fsp3) is 0.571. The van der Waals surface area contributed by atoms with Crippen LogP contribution in [0.5, 0.6) is 11.5 Å². The average molecular weight is 315 g/mol. The molecule has 21 heavy (non-hydrogen) atoms. The van der Waals surface area contributed by atoms with Crippen molar-refractivity contribution in [2.24, 2.45) is 0 Å². The topological polar surface area (TPSA) is 65.1 Å². The Kier molecular flexibility index (Phi) is 4.75. The predicted octanol–water partition coefficient (Wildman–Crippen LogP) is 1.50. The zero-order valence-electron chi connectivity index (χ0n) is 12.7. The van der Waals surface area contributed by atoms with E-state index in [0.717, 1.165) is 0 Å². The summed E-state index contributed by atoms with van der Waals surface area (Å²) in [6, 6.07) is 4.40. The van der Waals surface area contributed by atoms with E-state index in [4.69, 9.17) is 14.2 Å². The monoisotopic (exact) mass is 315 g/mol. The fourth-order valence-electron chi connectivity index (χ4n) is 2.36. The summed E-state index contributed by atoms with van der Waals surface area (Å²) in [5.41, 5.74) is 0. The molecular weight excluding hydrogens is 294 g/mol. The summed E-state index contributed by atoms with van der Waals surface area (Å²) in [5, 5.41) is 0. The predicted molar refractivity (Wildman–Crippen MR) is 78.3 cm³/mol. The summed E-state index contributed by atoms with van der Waals surface area (Å²) in [6.45, 7) is 4.48. The first-order valence-corrected chi connectivity index (χ1v) is 8.21. The number of rotatable bonds is 4. The molecule has 2 unspecified atom stereocenters. The van der Waals surface area contributed by atoms with E-state index in [1.807, 2.05) is 13.8 Å². The Morgan fingerprint density at radius 3 is 2.48 bits per heavy atom. The summed E-state index contributed by atoms with van der Waals surface area (Å²) >= 11 is 0. The van der Waals surface area contributed by atoms with Crippen molar-refractivity contribution in [1.29, 1.82) is 0 Å². The second-order valence-electron chi connectivity index (χ2n) is 4.95. The van der Waals surface area contributed by atoms with E-state index in [2.05, 4.69) is 0 Å². The maximum atomic E-state index is 12.8. The van der Waals surface area contributed by atoms with E-state index in [-0.39, 0.29) is 17.0 Å². The van der Waals surface area contributed by atoms with Crippen LogP contribution >= 0.6 is 0 Å². The highest BCUT2D eigenvalue weighted by Gasteiger charge is 2.35. The lowest BCUT2D eigenvalue weighted by atomic mass is 10.2. The molecule has 1 fully saturated rings. The van der Waals surface area contributed by atoms with Crippen molar-refractivity contribution in [3.63, 3.8) is 0 Å². The van der Waals surface area contributed by atoms with Gasteiger partial charge in [-0.15, -0.1) is 0 Å². The number of benzene rings is 1. The van der Waals surface area contributed by atoms with Gasteiger partial charge in [-0.3, -0.25) is 0 Å². The Bertz CT molecular complexity index is 601. The molecule has 1 heterocycles. The minimum Gasteiger partial charge on any atom is -0.493 e. The van der Waals surface area contributed by atoms with Crippen LogP contribution in [0.1, 0.15) is 13.8 Å². The summed E-state index contributed by atoms with van der Waals surface area (Å²) in [6.07, 6.45) is -0.131. The highest BCUT2D eigenvalue weighted by Crippen LogP contribution is 2.32. The third kappa shape index (κ3) is 3.00. The summed E-state index contributed by atoms with van der Waals surface area (Å²) in [5.74, 6) is 0.896. The maximum absolute atomic E-state index is 12.8. The van der Waals surface area contributed by atoms with Crippen molar-refractivity contribution in [2.45, 2.75) is 30.9 Å². The lowest BCUT2D eigenvalue weighted by Crippen LogP contribution is -2.51. The lowest BCUT2D eigenvalue weighted by Gasteiger charge is -2.36. The maximum Gasteiger partial charge on any atom is 0.243 e. The molecule has 0 aromatic heterocycles. The van der Waals surface area contributed by atoms with Gasteiger partial charge in [-0.25, -0.2) is 8.42 Å². The minimum atomic E-state index is -3.58. The lowest BCUT2D eigenvalue weighted by molar-refractivity contribution is -0.0232. The average Bonchev–Trinajstić information content (AvgIpc) is 2.49. The van der Waals surface area contributed by atoms with Gasteiger partial charge >= 0.3 is 0 Å². The van der Waals surface area contributed by atoms with Crippen LogP contribution in [0.15, 0.2) is 23.1 Å². The molecule has 0 aliphatic carbocycles. The molecule has 1 aromatic rings. The Morgan fingerprint density at radius 1 is 1.19 bits per heavy atom. The molecule has 0 spiro atoms. The Hall–Kier alpha value is -1.31. The molecule has 118 valence electrons. The quantitative estimate of drug-likeness (QED) is 0.842. The zero-order chi connectivity index (χ0) is 15.6. The third-order valence-electron chi connectivity index (χ3n) is 3.79. The first-order chi connectivity index (χ1) is 9.91. The van der Waals surface area contributed by atoms with Crippen LogP contribution in [-0.2, 0) is 14.8 Å². The number of hydrogen-bond acceptors (Lipinski definition) is 5. The third-order valence-corrected chi connectivity index (χ3v) is 5.77. The van der Waals surface area contributed by atoms with Gasteiger partial charge in [0.25, 0.3) is 0 Å². The number of sulfonamides is 1. The molecule has 0 amide bonds. The van der Waals surface area contributed by atoms with Gasteiger partial charge in [0.15, 0.2) is 11.5 Å². The van der Waals surface area contributed by atoms with E-state index >= 15 is 0 Å². The molecule has 2 atom stereocenters. The normalized spacial score (nSPS) is 23.8. The number of nitrogens with zero attached hydrogens (tertiary/aromatic N) is 1. The molecule has 0 radical (unpaired) electrons. The van der Waals surface area contributed by atoms with E-state index in [0.29, 0.717) is 24.7 Å². The first-order valence-electron chi connectivity index (χ1n) is 6.77. The molecule has 6 nitrogen and oxygen atoms in total. The van der Waals surface area contributed by atoms with Gasteiger partial charge in [-0.1, -0.05) is 0 Å². The van der Waals surface area contributed by atoms with E-state index < -0.39 is 10.0 Å². The SMILES string of the molecule is COc1ccc(S(=O)(=O)N2CCOC(C)C2C)cc1OC. The number of hydrogen-bond donors (Lipinski definition) is 0. The minimum absolute atomic E-state index is 0.131. The number of methoxy groups -OCH3 is 2. The van der Waals surface area contributed by atoms with Crippen molar-refractivity contribution in [2.75, 3.05) is 27.4 Å². The van der Waals surface area contributed by atoms with E-state index in [1.165, 1.54) is 30.7 Å². The van der Waals surface area contributed by atoms with Crippen LogP contribution in [0.2, 0.25) is 0 Å². The largest absolute Gasteiger partial charge is 0.493 e. The van der Waals surface area contributed by atoms with E-state index in [1.54, 1.807) is 6.07 Å². The molecule has 0 saturated carbocycles. The summed E-state index contributed by atoms with van der Waals surface area (Å²) < 4.78 is 42.8. The van der Waals surface area contributed by atoms with Crippen molar-refractivity contribution < 1.29 is 22.6 Å². The van der Waals surface area contributed by atoms with Gasteiger partial charge < -0.3 is 14.2 Å². The molecule has 1 aromatic carbocycles. The van der Waals surface area contributed by atoms with Gasteiger partial charge in [0.05, 0.1) is 31.8 Å². The van der Waals surface area contributed by atoms with Crippen molar-refractivity contribution in [1.82, 2.24) is 4.31 Å². The van der Waals surface area contributed by atoms with Crippen LogP contribution in [0.25, 0.3) is 0 Å². The molecule has 1 aliphatic rings. The molecule has 0 bridgehead atoms. The van der Waals surface area contributed by atoms with Crippen LogP contribution in [0, 0.1) is 0 Å². The van der Waals surface area contributed by atoms with Crippen molar-refractivity contribution in [3.8, 4) is 11.5 Å². The van der Waals surface area contributed by atoms with Crippen LogP contribution in [-0.4, -0.2) is 52.2 Å². The first kappa shape index (κ1) is 16.1. The second kappa shape index (κ2) is 6.21. The highest BCUT2D eigenvalue weighted by molar-refractivity contribution is 7.89. The van der Waals surface area contributed by atoms with Gasteiger partial charge in [-0.2, -0.15) is 4.31 Å². The van der Waals surface area contributed by atoms with Gasteiger partial charge in [-0.05, 0) is 26.0 Å². The molecule has 7 heteroatoms. The molecular formula is C14H21NO5S. The summed E-state index contributed by atoms with van der Waals surface area (Å²) in [7, 11) is -0.592. The van der Waals surface area contributed by atoms with Crippen LogP contribution in [0.3, 0.4) is 0 Å². The van der Waals surface area contributed by atoms with Crippen molar-refractivity contribution >= 4 is 10.0 Å². The highest BCUT2D eigenvalue weighted by atomic mass is 32.2. The number of ether oxygens (including phenoxy) is 3. The fourth-order valence-corrected chi connectivity index (χ4v) is 4.05. The van der Waals surface area contributed by atoms with Gasteiger partial charge in [0.1, 0.15) is 0 Å². The Balaban J connectivity index is 2.39. The smallest absolute Gasteiger partial charge is 0.243 e. The van der Waals surface area contributed by atoms with Crippen LogP contribution in [0.4, 0.5) is 0 Å². The summed E-state index contributed by atoms with van der Waals surface area (Å²) in [4.78, 5) is 0.195.